The van der Waals surface area contributed by atoms with Crippen LogP contribution in [0.1, 0.15) is 30.1 Å². The third-order valence-corrected chi connectivity index (χ3v) is 4.55. The van der Waals surface area contributed by atoms with Crippen molar-refractivity contribution in [3.05, 3.63) is 32.7 Å². The van der Waals surface area contributed by atoms with Crippen LogP contribution >= 0.6 is 31.9 Å². The molecule has 1 aromatic carbocycles. The number of halogens is 2. The Morgan fingerprint density at radius 3 is 2.59 bits per heavy atom. The molecular weight excluding hydrogens is 346 g/mol. The van der Waals surface area contributed by atoms with Crippen LogP contribution < -0.4 is 0 Å². The molecule has 17 heavy (non-hydrogen) atoms. The van der Waals surface area contributed by atoms with Gasteiger partial charge in [0.05, 0.1) is 5.56 Å². The average molecular weight is 361 g/mol. The molecule has 1 amide bonds. The summed E-state index contributed by atoms with van der Waals surface area (Å²) in [6.07, 6.45) is 2.50. The number of carbonyl (C=O) groups excluding carboxylic acids is 1. The zero-order valence-electron chi connectivity index (χ0n) is 9.91. The molecule has 0 spiro atoms. The third-order valence-electron chi connectivity index (χ3n) is 3.40. The van der Waals surface area contributed by atoms with Gasteiger partial charge in [-0.25, -0.2) is 0 Å². The van der Waals surface area contributed by atoms with E-state index in [4.69, 9.17) is 0 Å². The highest BCUT2D eigenvalue weighted by Gasteiger charge is 2.33. The van der Waals surface area contributed by atoms with Crippen molar-refractivity contribution in [3.63, 3.8) is 0 Å². The van der Waals surface area contributed by atoms with Gasteiger partial charge in [0.1, 0.15) is 0 Å². The second kappa shape index (κ2) is 5.11. The van der Waals surface area contributed by atoms with Gasteiger partial charge in [-0.1, -0.05) is 15.9 Å². The molecule has 92 valence electrons. The van der Waals surface area contributed by atoms with Crippen LogP contribution in [0.15, 0.2) is 27.1 Å². The second-order valence-corrected chi connectivity index (χ2v) is 6.39. The van der Waals surface area contributed by atoms with E-state index in [2.05, 4.69) is 38.8 Å². The highest BCUT2D eigenvalue weighted by atomic mass is 79.9. The Kier molecular flexibility index (Phi) is 3.93. The molecule has 1 atom stereocenters. The summed E-state index contributed by atoms with van der Waals surface area (Å²) < 4.78 is 1.81. The fourth-order valence-electron chi connectivity index (χ4n) is 1.93. The van der Waals surface area contributed by atoms with Gasteiger partial charge in [0.2, 0.25) is 0 Å². The van der Waals surface area contributed by atoms with Gasteiger partial charge >= 0.3 is 0 Å². The highest BCUT2D eigenvalue weighted by Crippen LogP contribution is 2.35. The number of rotatable bonds is 3. The van der Waals surface area contributed by atoms with Crippen molar-refractivity contribution in [2.75, 3.05) is 7.05 Å². The fraction of sp³-hybridized carbons (Fsp3) is 0.462. The summed E-state index contributed by atoms with van der Waals surface area (Å²) in [6, 6.07) is 5.99. The first-order valence-electron chi connectivity index (χ1n) is 5.73. The molecule has 0 saturated heterocycles. The van der Waals surface area contributed by atoms with E-state index in [-0.39, 0.29) is 5.91 Å². The van der Waals surface area contributed by atoms with Gasteiger partial charge in [-0.15, -0.1) is 0 Å². The molecule has 0 aromatic heterocycles. The van der Waals surface area contributed by atoms with E-state index in [0.29, 0.717) is 12.0 Å². The molecule has 1 aliphatic carbocycles. The van der Waals surface area contributed by atoms with Crippen molar-refractivity contribution in [2.45, 2.75) is 25.8 Å². The van der Waals surface area contributed by atoms with E-state index in [1.165, 1.54) is 12.8 Å². The molecule has 1 fully saturated rings. The van der Waals surface area contributed by atoms with Crippen LogP contribution in [-0.2, 0) is 0 Å². The maximum atomic E-state index is 12.3. The van der Waals surface area contributed by atoms with Crippen LogP contribution in [-0.4, -0.2) is 23.9 Å². The lowest BCUT2D eigenvalue weighted by molar-refractivity contribution is 0.0726. The molecule has 0 heterocycles. The molecular formula is C13H15Br2NO. The zero-order chi connectivity index (χ0) is 12.6. The van der Waals surface area contributed by atoms with Crippen LogP contribution in [0.25, 0.3) is 0 Å². The first-order chi connectivity index (χ1) is 8.00. The minimum absolute atomic E-state index is 0.0868. The minimum atomic E-state index is 0.0868. The van der Waals surface area contributed by atoms with Crippen molar-refractivity contribution in [1.82, 2.24) is 4.90 Å². The quantitative estimate of drug-likeness (QED) is 0.795. The van der Waals surface area contributed by atoms with Gasteiger partial charge in [0, 0.05) is 22.0 Å². The summed E-state index contributed by atoms with van der Waals surface area (Å²) in [7, 11) is 1.89. The molecule has 1 aromatic rings. The van der Waals surface area contributed by atoms with E-state index in [1.807, 2.05) is 30.1 Å². The van der Waals surface area contributed by atoms with Gasteiger partial charge in [0.25, 0.3) is 5.91 Å². The van der Waals surface area contributed by atoms with E-state index in [1.54, 1.807) is 0 Å². The molecule has 2 rings (SSSR count). The Labute approximate surface area is 119 Å². The van der Waals surface area contributed by atoms with Gasteiger partial charge in [0.15, 0.2) is 0 Å². The van der Waals surface area contributed by atoms with Crippen LogP contribution in [0, 0.1) is 5.92 Å². The Hall–Kier alpha value is -0.350. The molecule has 4 heteroatoms. The predicted molar refractivity (Wildman–Crippen MR) is 76.1 cm³/mol. The van der Waals surface area contributed by atoms with Crippen LogP contribution in [0.2, 0.25) is 0 Å². The lowest BCUT2D eigenvalue weighted by Gasteiger charge is -2.25. The first kappa shape index (κ1) is 13.1. The minimum Gasteiger partial charge on any atom is -0.339 e. The van der Waals surface area contributed by atoms with Crippen molar-refractivity contribution < 1.29 is 4.79 Å². The van der Waals surface area contributed by atoms with E-state index >= 15 is 0 Å². The molecule has 0 aliphatic heterocycles. The SMILES string of the molecule is CC(C1CC1)N(C)C(=O)c1ccc(Br)cc1Br. The largest absolute Gasteiger partial charge is 0.339 e. The summed E-state index contributed by atoms with van der Waals surface area (Å²) in [5, 5.41) is 0. The summed E-state index contributed by atoms with van der Waals surface area (Å²) in [6.45, 7) is 2.13. The standard InChI is InChI=1S/C13H15Br2NO/c1-8(9-3-4-9)16(2)13(17)11-6-5-10(14)7-12(11)15/h5-9H,3-4H2,1-2H3. The zero-order valence-corrected chi connectivity index (χ0v) is 13.1. The maximum absolute atomic E-state index is 12.3. The number of carbonyl (C=O) groups is 1. The number of hydrogen-bond acceptors (Lipinski definition) is 1. The topological polar surface area (TPSA) is 20.3 Å². The Balaban J connectivity index is 2.18. The number of benzene rings is 1. The van der Waals surface area contributed by atoms with E-state index in [0.717, 1.165) is 14.5 Å². The molecule has 2 nitrogen and oxygen atoms in total. The third kappa shape index (κ3) is 2.91. The van der Waals surface area contributed by atoms with Crippen molar-refractivity contribution in [2.24, 2.45) is 5.92 Å². The first-order valence-corrected chi connectivity index (χ1v) is 7.31. The van der Waals surface area contributed by atoms with Crippen LogP contribution in [0.5, 0.6) is 0 Å². The van der Waals surface area contributed by atoms with Crippen molar-refractivity contribution >= 4 is 37.8 Å². The van der Waals surface area contributed by atoms with Crippen molar-refractivity contribution in [1.29, 1.82) is 0 Å². The molecule has 0 N–H and O–H groups in total. The summed E-state index contributed by atoms with van der Waals surface area (Å²) >= 11 is 6.83. The van der Waals surface area contributed by atoms with Gasteiger partial charge < -0.3 is 4.90 Å². The molecule has 1 unspecified atom stereocenters. The maximum Gasteiger partial charge on any atom is 0.254 e. The molecule has 1 saturated carbocycles. The lowest BCUT2D eigenvalue weighted by atomic mass is 10.1. The fourth-order valence-corrected chi connectivity index (χ4v) is 3.15. The summed E-state index contributed by atoms with van der Waals surface area (Å²) in [5.41, 5.74) is 0.725. The smallest absolute Gasteiger partial charge is 0.254 e. The van der Waals surface area contributed by atoms with Gasteiger partial charge in [-0.2, -0.15) is 0 Å². The molecule has 0 radical (unpaired) electrons. The molecule has 0 bridgehead atoms. The van der Waals surface area contributed by atoms with Crippen molar-refractivity contribution in [3.8, 4) is 0 Å². The second-order valence-electron chi connectivity index (χ2n) is 4.62. The van der Waals surface area contributed by atoms with E-state index in [9.17, 15) is 4.79 Å². The number of amides is 1. The van der Waals surface area contributed by atoms with Crippen LogP contribution in [0.4, 0.5) is 0 Å². The Bertz CT molecular complexity index is 443. The number of nitrogens with zero attached hydrogens (tertiary/aromatic N) is 1. The molecule has 1 aliphatic rings. The summed E-state index contributed by atoms with van der Waals surface area (Å²) in [5.74, 6) is 0.780. The predicted octanol–water partition coefficient (Wildman–Crippen LogP) is 4.08. The number of hydrogen-bond donors (Lipinski definition) is 0. The average Bonchev–Trinajstić information content (AvgIpc) is 3.10. The van der Waals surface area contributed by atoms with Gasteiger partial charge in [-0.3, -0.25) is 4.79 Å². The van der Waals surface area contributed by atoms with E-state index < -0.39 is 0 Å². The van der Waals surface area contributed by atoms with Gasteiger partial charge in [-0.05, 0) is 59.8 Å². The monoisotopic (exact) mass is 359 g/mol. The Morgan fingerprint density at radius 2 is 2.06 bits per heavy atom. The van der Waals surface area contributed by atoms with Crippen LogP contribution in [0.3, 0.4) is 0 Å². The Morgan fingerprint density at radius 1 is 1.41 bits per heavy atom. The normalized spacial score (nSPS) is 16.7. The highest BCUT2D eigenvalue weighted by molar-refractivity contribution is 9.11. The summed E-state index contributed by atoms with van der Waals surface area (Å²) in [4.78, 5) is 14.2. The lowest BCUT2D eigenvalue weighted by Crippen LogP contribution is -2.36.